The lowest BCUT2D eigenvalue weighted by atomic mass is 10.4. The van der Waals surface area contributed by atoms with Gasteiger partial charge in [-0.2, -0.15) is 0 Å². The number of aromatic nitrogens is 1. The standard InChI is InChI=1S/C9H13N3O3S/c1-8(13)10-16(14,15)12-6-4-9(5-7-12)11(2)3/h4-7H,1-3H3. The number of nitrogens with zero attached hydrogens (tertiary/aromatic N) is 3. The summed E-state index contributed by atoms with van der Waals surface area (Å²) in [5.41, 5.74) is 0.856. The van der Waals surface area contributed by atoms with Crippen molar-refractivity contribution in [1.29, 1.82) is 0 Å². The van der Waals surface area contributed by atoms with Crippen LogP contribution in [0, 0.1) is 0 Å². The Bertz CT molecular complexity index is 487. The Morgan fingerprint density at radius 3 is 2.25 bits per heavy atom. The summed E-state index contributed by atoms with van der Waals surface area (Å²) in [5, 5.41) is 10.6. The van der Waals surface area contributed by atoms with E-state index < -0.39 is 16.1 Å². The summed E-state index contributed by atoms with van der Waals surface area (Å²) in [6.45, 7) is 1.09. The first kappa shape index (κ1) is 12.4. The number of pyridine rings is 1. The highest BCUT2D eigenvalue weighted by Gasteiger charge is 2.19. The van der Waals surface area contributed by atoms with E-state index in [9.17, 15) is 13.5 Å². The maximum atomic E-state index is 11.5. The molecule has 0 fully saturated rings. The van der Waals surface area contributed by atoms with Crippen LogP contribution >= 0.6 is 0 Å². The number of hydrogen-bond acceptors (Lipinski definition) is 4. The Hall–Kier alpha value is -1.63. The first-order valence-corrected chi connectivity index (χ1v) is 5.90. The molecule has 1 heterocycles. The summed E-state index contributed by atoms with van der Waals surface area (Å²) in [4.78, 5) is 1.83. The van der Waals surface area contributed by atoms with Crippen LogP contribution in [0.15, 0.2) is 28.9 Å². The van der Waals surface area contributed by atoms with E-state index in [1.165, 1.54) is 12.4 Å². The molecular formula is C9H13N3O3S. The second-order valence-corrected chi connectivity index (χ2v) is 4.87. The SMILES string of the molecule is CC([O-])=NS(=O)(=O)[n+]1ccc(N(C)C)cc1. The molecule has 0 aliphatic carbocycles. The van der Waals surface area contributed by atoms with Crippen molar-refractivity contribution in [2.75, 3.05) is 19.0 Å². The van der Waals surface area contributed by atoms with Crippen molar-refractivity contribution < 1.29 is 17.5 Å². The zero-order valence-electron chi connectivity index (χ0n) is 9.28. The smallest absolute Gasteiger partial charge is 0.490 e. The average molecular weight is 243 g/mol. The van der Waals surface area contributed by atoms with Crippen molar-refractivity contribution in [2.45, 2.75) is 6.92 Å². The fraction of sp³-hybridized carbons (Fsp3) is 0.333. The molecule has 0 aliphatic rings. The van der Waals surface area contributed by atoms with E-state index in [1.807, 2.05) is 19.0 Å². The maximum absolute atomic E-state index is 11.5. The maximum Gasteiger partial charge on any atom is 0.490 e. The second kappa shape index (κ2) is 4.48. The first-order valence-electron chi connectivity index (χ1n) is 4.50. The van der Waals surface area contributed by atoms with Gasteiger partial charge in [0.15, 0.2) is 12.4 Å². The third-order valence-electron chi connectivity index (χ3n) is 1.81. The first-order chi connectivity index (χ1) is 7.33. The van der Waals surface area contributed by atoms with Gasteiger partial charge >= 0.3 is 10.2 Å². The molecule has 0 bridgehead atoms. The molecule has 0 saturated heterocycles. The third kappa shape index (κ3) is 2.93. The topological polar surface area (TPSA) is 76.7 Å². The summed E-state index contributed by atoms with van der Waals surface area (Å²) in [6, 6.07) is 3.24. The van der Waals surface area contributed by atoms with Crippen molar-refractivity contribution in [1.82, 2.24) is 0 Å². The van der Waals surface area contributed by atoms with Gasteiger partial charge in [-0.1, -0.05) is 3.97 Å². The van der Waals surface area contributed by atoms with Crippen LogP contribution in [-0.4, -0.2) is 28.4 Å². The van der Waals surface area contributed by atoms with Crippen LogP contribution in [0.5, 0.6) is 0 Å². The molecule has 6 nitrogen and oxygen atoms in total. The predicted molar refractivity (Wildman–Crippen MR) is 58.4 cm³/mol. The van der Waals surface area contributed by atoms with Gasteiger partial charge in [0.1, 0.15) is 0 Å². The molecule has 1 aromatic rings. The van der Waals surface area contributed by atoms with Crippen molar-refractivity contribution >= 4 is 21.8 Å². The van der Waals surface area contributed by atoms with Crippen LogP contribution in [0.4, 0.5) is 5.69 Å². The monoisotopic (exact) mass is 243 g/mol. The van der Waals surface area contributed by atoms with Gasteiger partial charge in [0.2, 0.25) is 0 Å². The molecule has 0 spiro atoms. The largest absolute Gasteiger partial charge is 0.861 e. The Labute approximate surface area is 94.7 Å². The van der Waals surface area contributed by atoms with E-state index in [4.69, 9.17) is 0 Å². The molecule has 0 N–H and O–H groups in total. The summed E-state index contributed by atoms with van der Waals surface area (Å²) < 4.78 is 26.9. The molecule has 0 saturated carbocycles. The van der Waals surface area contributed by atoms with E-state index in [1.54, 1.807) is 12.1 Å². The molecule has 0 aromatic carbocycles. The van der Waals surface area contributed by atoms with Crippen LogP contribution in [0.2, 0.25) is 0 Å². The highest BCUT2D eigenvalue weighted by Crippen LogP contribution is 2.06. The van der Waals surface area contributed by atoms with Crippen LogP contribution < -0.4 is 14.0 Å². The van der Waals surface area contributed by atoms with Gasteiger partial charge in [-0.15, -0.1) is 12.8 Å². The summed E-state index contributed by atoms with van der Waals surface area (Å²) >= 11 is 0. The fourth-order valence-corrected chi connectivity index (χ4v) is 1.91. The minimum absolute atomic E-state index is 0.746. The van der Waals surface area contributed by atoms with E-state index in [0.717, 1.165) is 16.6 Å². The van der Waals surface area contributed by atoms with Crippen molar-refractivity contribution in [3.05, 3.63) is 24.5 Å². The van der Waals surface area contributed by atoms with Crippen LogP contribution in [0.3, 0.4) is 0 Å². The van der Waals surface area contributed by atoms with Gasteiger partial charge in [-0.25, -0.2) is 0 Å². The predicted octanol–water partition coefficient (Wildman–Crippen LogP) is -1.09. The normalized spacial score (nSPS) is 12.6. The van der Waals surface area contributed by atoms with Gasteiger partial charge < -0.3 is 10.0 Å². The molecule has 0 amide bonds. The molecule has 1 rings (SSSR count). The Morgan fingerprint density at radius 2 is 1.88 bits per heavy atom. The zero-order chi connectivity index (χ0) is 12.3. The van der Waals surface area contributed by atoms with Gasteiger partial charge in [-0.05, 0) is 12.8 Å². The fourth-order valence-electron chi connectivity index (χ4n) is 1.07. The lowest BCUT2D eigenvalue weighted by Crippen LogP contribution is -2.41. The highest BCUT2D eigenvalue weighted by molar-refractivity contribution is 7.83. The van der Waals surface area contributed by atoms with Gasteiger partial charge in [0, 0.05) is 31.9 Å². The minimum Gasteiger partial charge on any atom is -0.861 e. The van der Waals surface area contributed by atoms with Crippen LogP contribution in [-0.2, 0) is 10.2 Å². The summed E-state index contributed by atoms with van der Waals surface area (Å²) in [7, 11) is -0.246. The van der Waals surface area contributed by atoms with Crippen molar-refractivity contribution in [2.24, 2.45) is 4.40 Å². The van der Waals surface area contributed by atoms with E-state index in [-0.39, 0.29) is 0 Å². The molecule has 16 heavy (non-hydrogen) atoms. The average Bonchev–Trinajstić information content (AvgIpc) is 2.16. The highest BCUT2D eigenvalue weighted by atomic mass is 32.2. The Kier molecular flexibility index (Phi) is 3.48. The number of anilines is 1. The molecule has 0 aliphatic heterocycles. The van der Waals surface area contributed by atoms with Crippen LogP contribution in [0.1, 0.15) is 6.92 Å². The quantitative estimate of drug-likeness (QED) is 0.384. The molecule has 0 atom stereocenters. The Balaban J connectivity index is 3.12. The molecular weight excluding hydrogens is 230 g/mol. The Morgan fingerprint density at radius 1 is 1.38 bits per heavy atom. The summed E-state index contributed by atoms with van der Waals surface area (Å²) in [5.74, 6) is -0.746. The summed E-state index contributed by atoms with van der Waals surface area (Å²) in [6.07, 6.45) is 2.69. The van der Waals surface area contributed by atoms with Gasteiger partial charge in [-0.3, -0.25) is 0 Å². The zero-order valence-corrected chi connectivity index (χ0v) is 10.1. The van der Waals surface area contributed by atoms with E-state index in [2.05, 4.69) is 4.40 Å². The molecule has 88 valence electrons. The number of hydrogen-bond donors (Lipinski definition) is 0. The molecule has 0 radical (unpaired) electrons. The van der Waals surface area contributed by atoms with E-state index in [0.29, 0.717) is 0 Å². The lowest BCUT2D eigenvalue weighted by Gasteiger charge is -2.10. The van der Waals surface area contributed by atoms with Gasteiger partial charge in [0.25, 0.3) is 0 Å². The minimum atomic E-state index is -3.93. The third-order valence-corrected chi connectivity index (χ3v) is 3.08. The molecule has 7 heteroatoms. The number of rotatable bonds is 3. The van der Waals surface area contributed by atoms with Crippen molar-refractivity contribution in [3.8, 4) is 0 Å². The second-order valence-electron chi connectivity index (χ2n) is 3.37. The lowest BCUT2D eigenvalue weighted by molar-refractivity contribution is -0.511. The van der Waals surface area contributed by atoms with E-state index >= 15 is 0 Å². The van der Waals surface area contributed by atoms with Crippen molar-refractivity contribution in [3.63, 3.8) is 0 Å². The van der Waals surface area contributed by atoms with Gasteiger partial charge in [0.05, 0.1) is 0 Å². The van der Waals surface area contributed by atoms with Crippen LogP contribution in [0.25, 0.3) is 0 Å². The molecule has 0 unspecified atom stereocenters. The molecule has 1 aromatic heterocycles.